The van der Waals surface area contributed by atoms with Crippen LogP contribution in [0.3, 0.4) is 0 Å². The number of anilines is 1. The van der Waals surface area contributed by atoms with E-state index in [1.807, 2.05) is 0 Å². The van der Waals surface area contributed by atoms with Crippen molar-refractivity contribution in [3.05, 3.63) is 22.3 Å². The third-order valence-corrected chi connectivity index (χ3v) is 2.79. The van der Waals surface area contributed by atoms with Crippen LogP contribution >= 0.6 is 28.1 Å². The minimum Gasteiger partial charge on any atom is -0.465 e. The van der Waals surface area contributed by atoms with E-state index < -0.39 is 12.1 Å². The largest absolute Gasteiger partial charge is 0.465 e. The minimum absolute atomic E-state index is 0.0301. The predicted octanol–water partition coefficient (Wildman–Crippen LogP) is 2.07. The van der Waals surface area contributed by atoms with Crippen molar-refractivity contribution in [3.63, 3.8) is 0 Å². The monoisotopic (exact) mass is 361 g/mol. The van der Waals surface area contributed by atoms with E-state index >= 15 is 0 Å². The molecule has 0 saturated carbocycles. The topological polar surface area (TPSA) is 89.5 Å². The number of hydrogen-bond acceptors (Lipinski definition) is 6. The molecule has 1 aromatic rings. The Bertz CT molecular complexity index is 538. The van der Waals surface area contributed by atoms with Crippen LogP contribution in [0.2, 0.25) is 0 Å². The molecule has 20 heavy (non-hydrogen) atoms. The molecule has 0 spiro atoms. The highest BCUT2D eigenvalue weighted by Gasteiger charge is 2.11. The number of methoxy groups -OCH3 is 1. The summed E-state index contributed by atoms with van der Waals surface area (Å²) in [4.78, 5) is 26.5. The molecule has 2 N–H and O–H groups in total. The molecule has 9 heteroatoms. The van der Waals surface area contributed by atoms with Crippen LogP contribution in [0.15, 0.2) is 16.7 Å². The van der Waals surface area contributed by atoms with Gasteiger partial charge in [0.1, 0.15) is 5.82 Å². The predicted molar refractivity (Wildman–Crippen MR) is 79.7 cm³/mol. The number of rotatable bonds is 3. The van der Waals surface area contributed by atoms with Crippen molar-refractivity contribution >= 4 is 51.1 Å². The zero-order chi connectivity index (χ0) is 15.1. The number of thiocarbonyl (C=S) groups is 1. The van der Waals surface area contributed by atoms with Gasteiger partial charge >= 0.3 is 12.1 Å². The summed E-state index contributed by atoms with van der Waals surface area (Å²) in [6.45, 7) is 1.92. The van der Waals surface area contributed by atoms with Gasteiger partial charge in [0.05, 0.1) is 23.8 Å². The molecule has 1 heterocycles. The maximum absolute atomic E-state index is 11.3. The molecule has 108 valence electrons. The normalized spacial score (nSPS) is 9.55. The molecule has 7 nitrogen and oxygen atoms in total. The molecule has 0 aliphatic rings. The average molecular weight is 362 g/mol. The summed E-state index contributed by atoms with van der Waals surface area (Å²) in [6, 6.07) is 1.52. The number of pyridine rings is 1. The Morgan fingerprint density at radius 1 is 1.50 bits per heavy atom. The van der Waals surface area contributed by atoms with Crippen LogP contribution in [0.25, 0.3) is 0 Å². The fourth-order valence-corrected chi connectivity index (χ4v) is 1.79. The van der Waals surface area contributed by atoms with Crippen molar-refractivity contribution in [2.75, 3.05) is 19.0 Å². The number of aromatic nitrogens is 1. The molecular weight excluding hydrogens is 350 g/mol. The number of nitrogens with one attached hydrogen (secondary N) is 2. The summed E-state index contributed by atoms with van der Waals surface area (Å²) in [5, 5.41) is 5.03. The molecule has 0 aliphatic carbocycles. The van der Waals surface area contributed by atoms with Crippen molar-refractivity contribution in [3.8, 4) is 0 Å². The lowest BCUT2D eigenvalue weighted by atomic mass is 10.3. The lowest BCUT2D eigenvalue weighted by Crippen LogP contribution is -2.34. The number of alkyl carbamates (subject to hydrolysis) is 1. The van der Waals surface area contributed by atoms with Gasteiger partial charge in [-0.25, -0.2) is 14.6 Å². The van der Waals surface area contributed by atoms with Gasteiger partial charge < -0.3 is 14.8 Å². The van der Waals surface area contributed by atoms with Crippen LogP contribution < -0.4 is 10.6 Å². The van der Waals surface area contributed by atoms with E-state index in [0.29, 0.717) is 10.3 Å². The Morgan fingerprint density at radius 3 is 2.75 bits per heavy atom. The number of nitrogens with zero attached hydrogens (tertiary/aromatic N) is 1. The van der Waals surface area contributed by atoms with E-state index in [2.05, 4.69) is 41.0 Å². The smallest absolute Gasteiger partial charge is 0.413 e. The molecule has 1 rings (SSSR count). The molecule has 0 unspecified atom stereocenters. The van der Waals surface area contributed by atoms with E-state index in [1.54, 1.807) is 6.92 Å². The summed E-state index contributed by atoms with van der Waals surface area (Å²) >= 11 is 8.15. The molecule has 0 fully saturated rings. The highest BCUT2D eigenvalue weighted by Crippen LogP contribution is 2.21. The number of amides is 1. The van der Waals surface area contributed by atoms with Gasteiger partial charge in [-0.3, -0.25) is 5.32 Å². The molecule has 0 saturated heterocycles. The number of ether oxygens (including phenoxy) is 2. The second-order valence-corrected chi connectivity index (χ2v) is 4.61. The van der Waals surface area contributed by atoms with E-state index in [1.165, 1.54) is 19.4 Å². The third-order valence-electron chi connectivity index (χ3n) is 1.99. The Morgan fingerprint density at radius 2 is 2.20 bits per heavy atom. The summed E-state index contributed by atoms with van der Waals surface area (Å²) in [5.41, 5.74) is 0.286. The maximum Gasteiger partial charge on any atom is 0.413 e. The van der Waals surface area contributed by atoms with Gasteiger partial charge in [-0.1, -0.05) is 0 Å². The number of carbonyl (C=O) groups is 2. The van der Waals surface area contributed by atoms with E-state index in [9.17, 15) is 9.59 Å². The fourth-order valence-electron chi connectivity index (χ4n) is 1.16. The molecule has 0 atom stereocenters. The van der Waals surface area contributed by atoms with Gasteiger partial charge in [0.25, 0.3) is 0 Å². The second kappa shape index (κ2) is 7.75. The molecule has 0 bridgehead atoms. The summed E-state index contributed by atoms with van der Waals surface area (Å²) in [7, 11) is 1.28. The first kappa shape index (κ1) is 16.3. The van der Waals surface area contributed by atoms with Gasteiger partial charge in [-0.2, -0.15) is 0 Å². The Kier molecular flexibility index (Phi) is 6.32. The lowest BCUT2D eigenvalue weighted by molar-refractivity contribution is 0.0600. The number of halogens is 1. The Hall–Kier alpha value is -1.74. The Labute approximate surface area is 129 Å². The van der Waals surface area contributed by atoms with Crippen molar-refractivity contribution in [2.45, 2.75) is 6.92 Å². The van der Waals surface area contributed by atoms with Crippen molar-refractivity contribution in [1.29, 1.82) is 0 Å². The zero-order valence-electron chi connectivity index (χ0n) is 10.7. The first-order valence-corrected chi connectivity index (χ1v) is 6.66. The molecule has 1 aromatic heterocycles. The summed E-state index contributed by atoms with van der Waals surface area (Å²) in [6.07, 6.45) is 0.665. The molecule has 0 aromatic carbocycles. The highest BCUT2D eigenvalue weighted by atomic mass is 79.9. The van der Waals surface area contributed by atoms with Crippen LogP contribution in [0, 0.1) is 0 Å². The van der Waals surface area contributed by atoms with Crippen LogP contribution in [-0.2, 0) is 9.47 Å². The quantitative estimate of drug-likeness (QED) is 0.629. The van der Waals surface area contributed by atoms with E-state index in [0.717, 1.165) is 0 Å². The SMILES string of the molecule is CCOC(=O)NC(=S)Nc1ncc(C(=O)OC)cc1Br. The minimum atomic E-state index is -0.660. The standard InChI is InChI=1S/C11H12BrN3O4S/c1-3-19-11(17)15-10(20)14-8-7(12)4-6(5-13-8)9(16)18-2/h4-5H,3H2,1-2H3,(H2,13,14,15,17,20). The van der Waals surface area contributed by atoms with Crippen molar-refractivity contribution in [1.82, 2.24) is 10.3 Å². The van der Waals surface area contributed by atoms with Gasteiger partial charge in [0.2, 0.25) is 0 Å². The lowest BCUT2D eigenvalue weighted by Gasteiger charge is -2.10. The summed E-state index contributed by atoms with van der Waals surface area (Å²) < 4.78 is 9.74. The average Bonchev–Trinajstić information content (AvgIpc) is 2.40. The van der Waals surface area contributed by atoms with E-state index in [4.69, 9.17) is 12.2 Å². The third kappa shape index (κ3) is 4.74. The van der Waals surface area contributed by atoms with Gasteiger partial charge in [-0.15, -0.1) is 0 Å². The molecular formula is C11H12BrN3O4S. The first-order valence-electron chi connectivity index (χ1n) is 5.46. The van der Waals surface area contributed by atoms with Crippen LogP contribution in [0.1, 0.15) is 17.3 Å². The zero-order valence-corrected chi connectivity index (χ0v) is 13.1. The Balaban J connectivity index is 2.71. The van der Waals surface area contributed by atoms with Crippen LogP contribution in [-0.4, -0.2) is 35.9 Å². The number of hydrogen-bond donors (Lipinski definition) is 2. The van der Waals surface area contributed by atoms with Crippen LogP contribution in [0.4, 0.5) is 10.6 Å². The van der Waals surface area contributed by atoms with Gasteiger partial charge in [0.15, 0.2) is 5.11 Å². The van der Waals surface area contributed by atoms with Gasteiger partial charge in [0, 0.05) is 6.20 Å². The number of esters is 1. The van der Waals surface area contributed by atoms with Gasteiger partial charge in [-0.05, 0) is 41.1 Å². The molecule has 0 aliphatic heterocycles. The van der Waals surface area contributed by atoms with Crippen LogP contribution in [0.5, 0.6) is 0 Å². The maximum atomic E-state index is 11.3. The molecule has 0 radical (unpaired) electrons. The highest BCUT2D eigenvalue weighted by molar-refractivity contribution is 9.10. The van der Waals surface area contributed by atoms with E-state index in [-0.39, 0.29) is 17.3 Å². The number of carbonyl (C=O) groups excluding carboxylic acids is 2. The summed E-state index contributed by atoms with van der Waals surface area (Å²) in [5.74, 6) is -0.156. The second-order valence-electron chi connectivity index (χ2n) is 3.35. The van der Waals surface area contributed by atoms with Crippen molar-refractivity contribution < 1.29 is 19.1 Å². The van der Waals surface area contributed by atoms with Crippen molar-refractivity contribution in [2.24, 2.45) is 0 Å². The molecule has 1 amide bonds. The first-order chi connectivity index (χ1) is 9.47. The fraction of sp³-hybridized carbons (Fsp3) is 0.273.